The van der Waals surface area contributed by atoms with E-state index >= 15 is 0 Å². The zero-order valence-electron chi connectivity index (χ0n) is 17.5. The molecule has 1 amide bonds. The molecule has 5 rings (SSSR count). The first-order chi connectivity index (χ1) is 14.9. The summed E-state index contributed by atoms with van der Waals surface area (Å²) in [6.07, 6.45) is 1.63. The third-order valence-electron chi connectivity index (χ3n) is 5.80. The maximum Gasteiger partial charge on any atom is 0.340 e. The van der Waals surface area contributed by atoms with Crippen molar-refractivity contribution in [1.82, 2.24) is 5.32 Å². The van der Waals surface area contributed by atoms with Crippen LogP contribution in [0.5, 0.6) is 11.5 Å². The molecule has 1 aliphatic rings. The Morgan fingerprint density at radius 3 is 2.65 bits per heavy atom. The number of ether oxygens (including phenoxy) is 2. The zero-order chi connectivity index (χ0) is 21.7. The van der Waals surface area contributed by atoms with Crippen LogP contribution in [0.2, 0.25) is 0 Å². The fourth-order valence-electron chi connectivity index (χ4n) is 4.00. The SMILES string of the molecule is Cc1coc2c(C)c3oc(=O)c(CC(=O)NCc4ccc5c(c4)OCO5)c(C)c3cc12. The lowest BCUT2D eigenvalue weighted by Crippen LogP contribution is -2.27. The maximum absolute atomic E-state index is 12.7. The van der Waals surface area contributed by atoms with Gasteiger partial charge in [-0.1, -0.05) is 6.07 Å². The number of benzene rings is 2. The molecule has 0 fully saturated rings. The van der Waals surface area contributed by atoms with Crippen LogP contribution in [0.25, 0.3) is 21.9 Å². The Morgan fingerprint density at radius 2 is 1.81 bits per heavy atom. The van der Waals surface area contributed by atoms with Gasteiger partial charge in [-0.25, -0.2) is 4.79 Å². The van der Waals surface area contributed by atoms with Crippen LogP contribution in [0.15, 0.2) is 44.2 Å². The van der Waals surface area contributed by atoms with E-state index in [0.29, 0.717) is 34.8 Å². The number of carbonyl (C=O) groups is 1. The van der Waals surface area contributed by atoms with E-state index in [9.17, 15) is 9.59 Å². The van der Waals surface area contributed by atoms with Gasteiger partial charge in [-0.3, -0.25) is 4.79 Å². The number of furan rings is 1. The highest BCUT2D eigenvalue weighted by Gasteiger charge is 2.19. The van der Waals surface area contributed by atoms with Crippen LogP contribution >= 0.6 is 0 Å². The maximum atomic E-state index is 12.7. The highest BCUT2D eigenvalue weighted by molar-refractivity contribution is 6.00. The van der Waals surface area contributed by atoms with Crippen LogP contribution in [-0.2, 0) is 17.8 Å². The van der Waals surface area contributed by atoms with Gasteiger partial charge in [0.15, 0.2) is 11.5 Å². The number of hydrogen-bond acceptors (Lipinski definition) is 6. The largest absolute Gasteiger partial charge is 0.464 e. The molecular formula is C24H21NO6. The number of carbonyl (C=O) groups excluding carboxylic acids is 1. The van der Waals surface area contributed by atoms with Crippen LogP contribution in [0.3, 0.4) is 0 Å². The van der Waals surface area contributed by atoms with E-state index in [0.717, 1.165) is 33.0 Å². The van der Waals surface area contributed by atoms with E-state index < -0.39 is 5.63 Å². The Labute approximate surface area is 177 Å². The Balaban J connectivity index is 1.41. The number of nitrogens with one attached hydrogen (secondary N) is 1. The van der Waals surface area contributed by atoms with Gasteiger partial charge in [0.05, 0.1) is 18.2 Å². The van der Waals surface area contributed by atoms with Gasteiger partial charge in [0.25, 0.3) is 0 Å². The zero-order valence-corrected chi connectivity index (χ0v) is 17.5. The molecule has 2 aromatic carbocycles. The molecule has 0 bridgehead atoms. The molecule has 7 heteroatoms. The van der Waals surface area contributed by atoms with Crippen molar-refractivity contribution in [3.8, 4) is 11.5 Å². The van der Waals surface area contributed by atoms with Crippen molar-refractivity contribution in [2.45, 2.75) is 33.7 Å². The summed E-state index contributed by atoms with van der Waals surface area (Å²) in [5.74, 6) is 1.09. The van der Waals surface area contributed by atoms with Crippen LogP contribution in [0.1, 0.15) is 27.8 Å². The smallest absolute Gasteiger partial charge is 0.340 e. The van der Waals surface area contributed by atoms with Crippen molar-refractivity contribution in [3.05, 3.63) is 68.8 Å². The Bertz CT molecular complexity index is 1410. The summed E-state index contributed by atoms with van der Waals surface area (Å²) in [6.45, 7) is 6.21. The van der Waals surface area contributed by atoms with Gasteiger partial charge in [-0.2, -0.15) is 0 Å². The molecular weight excluding hydrogens is 398 g/mol. The third-order valence-corrected chi connectivity index (χ3v) is 5.80. The number of aryl methyl sites for hydroxylation is 3. The molecule has 0 saturated carbocycles. The molecule has 0 unspecified atom stereocenters. The fraction of sp³-hybridized carbons (Fsp3) is 0.250. The monoisotopic (exact) mass is 419 g/mol. The number of rotatable bonds is 4. The second kappa shape index (κ2) is 7.19. The summed E-state index contributed by atoms with van der Waals surface area (Å²) in [6, 6.07) is 7.47. The van der Waals surface area contributed by atoms with E-state index in [4.69, 9.17) is 18.3 Å². The Morgan fingerprint density at radius 1 is 1.00 bits per heavy atom. The van der Waals surface area contributed by atoms with Crippen LogP contribution in [0, 0.1) is 20.8 Å². The van der Waals surface area contributed by atoms with E-state index in [1.165, 1.54) is 0 Å². The molecule has 2 aromatic heterocycles. The lowest BCUT2D eigenvalue weighted by molar-refractivity contribution is -0.120. The van der Waals surface area contributed by atoms with Crippen LogP contribution < -0.4 is 20.4 Å². The molecule has 31 heavy (non-hydrogen) atoms. The lowest BCUT2D eigenvalue weighted by atomic mass is 9.99. The van der Waals surface area contributed by atoms with Crippen LogP contribution in [-0.4, -0.2) is 12.7 Å². The molecule has 158 valence electrons. The summed E-state index contributed by atoms with van der Waals surface area (Å²) < 4.78 is 21.9. The van der Waals surface area contributed by atoms with Crippen molar-refractivity contribution in [3.63, 3.8) is 0 Å². The molecule has 0 atom stereocenters. The Kier molecular flexibility index (Phi) is 4.46. The van der Waals surface area contributed by atoms with Gasteiger partial charge in [0, 0.05) is 22.9 Å². The van der Waals surface area contributed by atoms with E-state index in [1.54, 1.807) is 6.26 Å². The predicted molar refractivity (Wildman–Crippen MR) is 115 cm³/mol. The van der Waals surface area contributed by atoms with Gasteiger partial charge in [0.2, 0.25) is 12.7 Å². The summed E-state index contributed by atoms with van der Waals surface area (Å²) >= 11 is 0. The first kappa shape index (κ1) is 19.2. The normalized spacial score (nSPS) is 12.6. The van der Waals surface area contributed by atoms with Crippen molar-refractivity contribution >= 4 is 27.8 Å². The van der Waals surface area contributed by atoms with Crippen molar-refractivity contribution < 1.29 is 23.1 Å². The lowest BCUT2D eigenvalue weighted by Gasteiger charge is -2.11. The predicted octanol–water partition coefficient (Wildman–Crippen LogP) is 4.05. The molecule has 0 radical (unpaired) electrons. The van der Waals surface area contributed by atoms with Gasteiger partial charge >= 0.3 is 5.63 Å². The fourth-order valence-corrected chi connectivity index (χ4v) is 4.00. The second-order valence-electron chi connectivity index (χ2n) is 7.81. The first-order valence-corrected chi connectivity index (χ1v) is 10.0. The molecule has 0 spiro atoms. The van der Waals surface area contributed by atoms with E-state index in [-0.39, 0.29) is 19.1 Å². The van der Waals surface area contributed by atoms with Crippen molar-refractivity contribution in [2.24, 2.45) is 0 Å². The minimum atomic E-state index is -0.506. The molecule has 1 aliphatic heterocycles. The van der Waals surface area contributed by atoms with Gasteiger partial charge in [-0.15, -0.1) is 0 Å². The molecule has 3 heterocycles. The molecule has 1 N–H and O–H groups in total. The summed E-state index contributed by atoms with van der Waals surface area (Å²) in [4.78, 5) is 25.3. The number of fused-ring (bicyclic) bond motifs is 3. The van der Waals surface area contributed by atoms with Crippen molar-refractivity contribution in [2.75, 3.05) is 6.79 Å². The highest BCUT2D eigenvalue weighted by Crippen LogP contribution is 2.33. The highest BCUT2D eigenvalue weighted by atomic mass is 16.7. The quantitative estimate of drug-likeness (QED) is 0.502. The standard InChI is InChI=1S/C24H21NO6/c1-12-10-28-22-14(3)23-17(7-16(12)22)13(2)18(24(27)31-23)8-21(26)25-9-15-4-5-19-20(6-15)30-11-29-19/h4-7,10H,8-9,11H2,1-3H3,(H,25,26). The summed E-state index contributed by atoms with van der Waals surface area (Å²) in [5.41, 5.74) is 4.47. The Hall–Kier alpha value is -3.74. The van der Waals surface area contributed by atoms with Gasteiger partial charge in [-0.05, 0) is 55.7 Å². The average molecular weight is 419 g/mol. The van der Waals surface area contributed by atoms with E-state index in [1.807, 2.05) is 45.0 Å². The van der Waals surface area contributed by atoms with Crippen molar-refractivity contribution in [1.29, 1.82) is 0 Å². The molecule has 0 saturated heterocycles. The third kappa shape index (κ3) is 3.22. The minimum absolute atomic E-state index is 0.0594. The minimum Gasteiger partial charge on any atom is -0.464 e. The number of amides is 1. The topological polar surface area (TPSA) is 90.9 Å². The van der Waals surface area contributed by atoms with Gasteiger partial charge < -0.3 is 23.6 Å². The first-order valence-electron chi connectivity index (χ1n) is 10.0. The molecule has 7 nitrogen and oxygen atoms in total. The average Bonchev–Trinajstić information content (AvgIpc) is 3.37. The second-order valence-corrected chi connectivity index (χ2v) is 7.81. The van der Waals surface area contributed by atoms with Crippen LogP contribution in [0.4, 0.5) is 0 Å². The molecule has 0 aliphatic carbocycles. The summed E-state index contributed by atoms with van der Waals surface area (Å²) in [5, 5.41) is 4.64. The molecule has 4 aromatic rings. The number of hydrogen-bond donors (Lipinski definition) is 1. The summed E-state index contributed by atoms with van der Waals surface area (Å²) in [7, 11) is 0. The van der Waals surface area contributed by atoms with E-state index in [2.05, 4.69) is 5.32 Å². The van der Waals surface area contributed by atoms with Gasteiger partial charge in [0.1, 0.15) is 11.2 Å².